The quantitative estimate of drug-likeness (QED) is 0.503. The Morgan fingerprint density at radius 2 is 1.68 bits per heavy atom. The summed E-state index contributed by atoms with van der Waals surface area (Å²) in [6.45, 7) is 4.51. The van der Waals surface area contributed by atoms with Crippen molar-refractivity contribution in [1.82, 2.24) is 4.31 Å². The summed E-state index contributed by atoms with van der Waals surface area (Å²) in [5.74, 6) is -0.510. The molecule has 0 atom stereocenters. The number of esters is 1. The zero-order valence-electron chi connectivity index (χ0n) is 15.8. The van der Waals surface area contributed by atoms with Gasteiger partial charge in [0.2, 0.25) is 10.0 Å². The van der Waals surface area contributed by atoms with Crippen LogP contribution in [0.2, 0.25) is 0 Å². The number of benzene rings is 2. The van der Waals surface area contributed by atoms with E-state index in [1.54, 1.807) is 56.3 Å². The SMILES string of the molecule is CCN(CC)S(=O)(=O)c1ccc(/C=C/C(=O)OCc2ccc(C#N)cc2)cc1. The minimum atomic E-state index is -3.50. The summed E-state index contributed by atoms with van der Waals surface area (Å²) in [5, 5.41) is 8.76. The van der Waals surface area contributed by atoms with E-state index >= 15 is 0 Å². The second-order valence-electron chi connectivity index (χ2n) is 5.91. The van der Waals surface area contributed by atoms with E-state index < -0.39 is 16.0 Å². The van der Waals surface area contributed by atoms with E-state index in [4.69, 9.17) is 10.00 Å². The maximum Gasteiger partial charge on any atom is 0.331 e. The molecule has 0 unspecified atom stereocenters. The van der Waals surface area contributed by atoms with Crippen LogP contribution in [0.1, 0.15) is 30.5 Å². The van der Waals surface area contributed by atoms with E-state index in [0.29, 0.717) is 24.2 Å². The predicted molar refractivity (Wildman–Crippen MR) is 107 cm³/mol. The Balaban J connectivity index is 1.96. The first kappa shape index (κ1) is 21.4. The first-order chi connectivity index (χ1) is 13.4. The second kappa shape index (κ2) is 9.83. The molecule has 0 aliphatic heterocycles. The van der Waals surface area contributed by atoms with Crippen LogP contribution in [0.5, 0.6) is 0 Å². The number of carbonyl (C=O) groups excluding carboxylic acids is 1. The summed E-state index contributed by atoms with van der Waals surface area (Å²) in [5.41, 5.74) is 2.02. The maximum atomic E-state index is 12.4. The number of rotatable bonds is 8. The van der Waals surface area contributed by atoms with Crippen molar-refractivity contribution in [3.05, 3.63) is 71.3 Å². The molecule has 7 heteroatoms. The molecule has 28 heavy (non-hydrogen) atoms. The summed E-state index contributed by atoms with van der Waals surface area (Å²) < 4.78 is 31.4. The molecule has 0 saturated heterocycles. The van der Waals surface area contributed by atoms with Crippen LogP contribution in [-0.4, -0.2) is 31.8 Å². The molecule has 2 aromatic rings. The highest BCUT2D eigenvalue weighted by Crippen LogP contribution is 2.17. The molecule has 0 heterocycles. The van der Waals surface area contributed by atoms with Crippen molar-refractivity contribution in [2.75, 3.05) is 13.1 Å². The van der Waals surface area contributed by atoms with Gasteiger partial charge in [-0.1, -0.05) is 38.1 Å². The van der Waals surface area contributed by atoms with Gasteiger partial charge in [0, 0.05) is 19.2 Å². The van der Waals surface area contributed by atoms with Gasteiger partial charge in [0.15, 0.2) is 0 Å². The fourth-order valence-corrected chi connectivity index (χ4v) is 3.96. The van der Waals surface area contributed by atoms with Gasteiger partial charge in [-0.3, -0.25) is 0 Å². The minimum absolute atomic E-state index is 0.107. The predicted octanol–water partition coefficient (Wildman–Crippen LogP) is 3.35. The Hall–Kier alpha value is -2.95. The van der Waals surface area contributed by atoms with Crippen molar-refractivity contribution in [2.45, 2.75) is 25.3 Å². The molecule has 0 fully saturated rings. The van der Waals surface area contributed by atoms with Crippen molar-refractivity contribution in [3.63, 3.8) is 0 Å². The second-order valence-corrected chi connectivity index (χ2v) is 7.85. The van der Waals surface area contributed by atoms with Gasteiger partial charge in [-0.2, -0.15) is 9.57 Å². The van der Waals surface area contributed by atoms with E-state index in [9.17, 15) is 13.2 Å². The fourth-order valence-electron chi connectivity index (χ4n) is 2.51. The molecule has 6 nitrogen and oxygen atoms in total. The Morgan fingerprint density at radius 3 is 2.21 bits per heavy atom. The maximum absolute atomic E-state index is 12.4. The van der Waals surface area contributed by atoms with Crippen molar-refractivity contribution >= 4 is 22.1 Å². The van der Waals surface area contributed by atoms with Crippen LogP contribution in [0.4, 0.5) is 0 Å². The Morgan fingerprint density at radius 1 is 1.07 bits per heavy atom. The topological polar surface area (TPSA) is 87.5 Å². The normalized spacial score (nSPS) is 11.5. The first-order valence-corrected chi connectivity index (χ1v) is 10.3. The lowest BCUT2D eigenvalue weighted by Gasteiger charge is -2.18. The lowest BCUT2D eigenvalue weighted by atomic mass is 10.2. The number of ether oxygens (including phenoxy) is 1. The summed E-state index contributed by atoms with van der Waals surface area (Å²) in [7, 11) is -3.50. The van der Waals surface area contributed by atoms with Crippen LogP contribution < -0.4 is 0 Å². The lowest BCUT2D eigenvalue weighted by molar-refractivity contribution is -0.138. The molecule has 0 amide bonds. The van der Waals surface area contributed by atoms with Crippen LogP contribution in [-0.2, 0) is 26.2 Å². The molecule has 2 rings (SSSR count). The van der Waals surface area contributed by atoms with Gasteiger partial charge in [-0.15, -0.1) is 0 Å². The molecule has 0 aromatic heterocycles. The third-order valence-electron chi connectivity index (χ3n) is 4.10. The summed E-state index contributed by atoms with van der Waals surface area (Å²) in [6.07, 6.45) is 2.85. The van der Waals surface area contributed by atoms with Crippen LogP contribution in [0.3, 0.4) is 0 Å². The largest absolute Gasteiger partial charge is 0.458 e. The number of hydrogen-bond acceptors (Lipinski definition) is 5. The molecule has 0 bridgehead atoms. The molecule has 0 radical (unpaired) electrons. The molecule has 0 saturated carbocycles. The monoisotopic (exact) mass is 398 g/mol. The average molecular weight is 398 g/mol. The molecule has 0 aliphatic rings. The van der Waals surface area contributed by atoms with Crippen molar-refractivity contribution in [2.24, 2.45) is 0 Å². The van der Waals surface area contributed by atoms with E-state index in [-0.39, 0.29) is 11.5 Å². The van der Waals surface area contributed by atoms with E-state index in [2.05, 4.69) is 0 Å². The van der Waals surface area contributed by atoms with E-state index in [1.807, 2.05) is 6.07 Å². The first-order valence-electron chi connectivity index (χ1n) is 8.84. The van der Waals surface area contributed by atoms with E-state index in [1.165, 1.54) is 22.5 Å². The number of nitrogens with zero attached hydrogens (tertiary/aromatic N) is 2. The van der Waals surface area contributed by atoms with Crippen LogP contribution in [0.15, 0.2) is 59.5 Å². The average Bonchev–Trinajstić information content (AvgIpc) is 2.72. The fraction of sp³-hybridized carbons (Fsp3) is 0.238. The highest BCUT2D eigenvalue weighted by Gasteiger charge is 2.20. The number of sulfonamides is 1. The summed E-state index contributed by atoms with van der Waals surface area (Å²) in [4.78, 5) is 12.1. The molecular weight excluding hydrogens is 376 g/mol. The van der Waals surface area contributed by atoms with Gasteiger partial charge in [0.1, 0.15) is 6.61 Å². The van der Waals surface area contributed by atoms with Crippen molar-refractivity contribution < 1.29 is 17.9 Å². The van der Waals surface area contributed by atoms with Crippen molar-refractivity contribution in [1.29, 1.82) is 5.26 Å². The molecule has 0 aliphatic carbocycles. The van der Waals surface area contributed by atoms with Gasteiger partial charge >= 0.3 is 5.97 Å². The number of hydrogen-bond donors (Lipinski definition) is 0. The third-order valence-corrected chi connectivity index (χ3v) is 6.16. The Bertz CT molecular complexity index is 969. The zero-order chi connectivity index (χ0) is 20.6. The van der Waals surface area contributed by atoms with Gasteiger partial charge < -0.3 is 4.74 Å². The van der Waals surface area contributed by atoms with Gasteiger partial charge in [0.05, 0.1) is 16.5 Å². The van der Waals surface area contributed by atoms with Gasteiger partial charge in [-0.05, 0) is 41.5 Å². The number of nitriles is 1. The molecule has 146 valence electrons. The zero-order valence-corrected chi connectivity index (χ0v) is 16.6. The van der Waals surface area contributed by atoms with Crippen LogP contribution in [0.25, 0.3) is 6.08 Å². The Labute approximate surface area is 165 Å². The smallest absolute Gasteiger partial charge is 0.331 e. The molecular formula is C21H22N2O4S. The highest BCUT2D eigenvalue weighted by molar-refractivity contribution is 7.89. The van der Waals surface area contributed by atoms with Gasteiger partial charge in [-0.25, -0.2) is 13.2 Å². The minimum Gasteiger partial charge on any atom is -0.458 e. The van der Waals surface area contributed by atoms with Crippen molar-refractivity contribution in [3.8, 4) is 6.07 Å². The highest BCUT2D eigenvalue weighted by atomic mass is 32.2. The Kier molecular flexibility index (Phi) is 7.50. The summed E-state index contributed by atoms with van der Waals surface area (Å²) >= 11 is 0. The lowest BCUT2D eigenvalue weighted by Crippen LogP contribution is -2.30. The van der Waals surface area contributed by atoms with Crippen LogP contribution >= 0.6 is 0 Å². The molecule has 0 spiro atoms. The molecule has 0 N–H and O–H groups in total. The number of carbonyl (C=O) groups is 1. The standard InChI is InChI=1S/C21H22N2O4S/c1-3-23(4-2)28(25,26)20-12-9-17(10-13-20)11-14-21(24)27-16-19-7-5-18(15-22)6-8-19/h5-14H,3-4,16H2,1-2H3/b14-11+. The van der Waals surface area contributed by atoms with E-state index in [0.717, 1.165) is 5.56 Å². The summed E-state index contributed by atoms with van der Waals surface area (Å²) in [6, 6.07) is 15.1. The van der Waals surface area contributed by atoms with Gasteiger partial charge in [0.25, 0.3) is 0 Å². The molecule has 2 aromatic carbocycles. The van der Waals surface area contributed by atoms with Crippen LogP contribution in [0, 0.1) is 11.3 Å². The third kappa shape index (κ3) is 5.52.